The molecule has 36 heavy (non-hydrogen) atoms. The van der Waals surface area contributed by atoms with Gasteiger partial charge in [-0.2, -0.15) is 0 Å². The standard InChI is InChI=1S/C26H27ClN4O5/c1-16(32)36-17(12-31-8-3-4-9-31)13-34-24-11-22-19(10-23(24)33-2)26(29-15-28-22)30-21-7-5-6-18-20(27)14-35-25(18)21/h5-7,10-11,14-15,17H,3-4,8-9,12-13H2,1-2H3,(H,28,29,30). The zero-order valence-corrected chi connectivity index (χ0v) is 20.9. The Morgan fingerprint density at radius 1 is 1.19 bits per heavy atom. The summed E-state index contributed by atoms with van der Waals surface area (Å²) in [6, 6.07) is 9.30. The minimum atomic E-state index is -0.385. The van der Waals surface area contributed by atoms with Gasteiger partial charge in [0, 0.05) is 30.3 Å². The summed E-state index contributed by atoms with van der Waals surface area (Å²) in [5.41, 5.74) is 2.03. The van der Waals surface area contributed by atoms with Crippen molar-refractivity contribution in [2.45, 2.75) is 25.9 Å². The number of likely N-dealkylation sites (tertiary alicyclic amines) is 1. The van der Waals surface area contributed by atoms with Crippen LogP contribution in [0.5, 0.6) is 11.5 Å². The number of esters is 1. The van der Waals surface area contributed by atoms with Crippen molar-refractivity contribution in [1.29, 1.82) is 0 Å². The third-order valence-corrected chi connectivity index (χ3v) is 6.44. The number of halogens is 1. The maximum absolute atomic E-state index is 11.6. The first kappa shape index (κ1) is 24.1. The van der Waals surface area contributed by atoms with Crippen molar-refractivity contribution in [3.8, 4) is 11.5 Å². The van der Waals surface area contributed by atoms with Gasteiger partial charge in [0.1, 0.15) is 31.1 Å². The fraction of sp³-hybridized carbons (Fsp3) is 0.346. The van der Waals surface area contributed by atoms with E-state index < -0.39 is 0 Å². The van der Waals surface area contributed by atoms with Gasteiger partial charge in [-0.05, 0) is 44.1 Å². The second-order valence-corrected chi connectivity index (χ2v) is 9.09. The molecule has 2 aromatic carbocycles. The maximum Gasteiger partial charge on any atom is 0.303 e. The summed E-state index contributed by atoms with van der Waals surface area (Å²) in [6.07, 6.45) is 4.91. The molecule has 0 bridgehead atoms. The summed E-state index contributed by atoms with van der Waals surface area (Å²) in [5, 5.41) is 5.42. The lowest BCUT2D eigenvalue weighted by molar-refractivity contribution is -0.148. The Labute approximate surface area is 213 Å². The number of carbonyl (C=O) groups excluding carboxylic acids is 1. The van der Waals surface area contributed by atoms with Crippen molar-refractivity contribution in [2.75, 3.05) is 38.7 Å². The molecule has 1 saturated heterocycles. The SMILES string of the molecule is COc1cc2c(Nc3cccc4c(Cl)coc34)ncnc2cc1OCC(CN1CCCC1)OC(C)=O. The van der Waals surface area contributed by atoms with Crippen molar-refractivity contribution >= 4 is 50.9 Å². The van der Waals surface area contributed by atoms with Gasteiger partial charge < -0.3 is 23.9 Å². The molecule has 188 valence electrons. The molecule has 0 radical (unpaired) electrons. The highest BCUT2D eigenvalue weighted by atomic mass is 35.5. The molecular weight excluding hydrogens is 484 g/mol. The van der Waals surface area contributed by atoms with Crippen LogP contribution in [0.3, 0.4) is 0 Å². The fourth-order valence-electron chi connectivity index (χ4n) is 4.48. The number of hydrogen-bond donors (Lipinski definition) is 1. The van der Waals surface area contributed by atoms with Gasteiger partial charge in [0.2, 0.25) is 0 Å². The number of nitrogens with zero attached hydrogens (tertiary/aromatic N) is 3. The predicted octanol–water partition coefficient (Wildman–Crippen LogP) is 5.19. The molecule has 5 rings (SSSR count). The molecule has 1 atom stereocenters. The minimum Gasteiger partial charge on any atom is -0.493 e. The van der Waals surface area contributed by atoms with Crippen LogP contribution in [-0.4, -0.2) is 60.3 Å². The highest BCUT2D eigenvalue weighted by Crippen LogP contribution is 2.37. The first-order valence-corrected chi connectivity index (χ1v) is 12.2. The van der Waals surface area contributed by atoms with Crippen LogP contribution in [0, 0.1) is 0 Å². The summed E-state index contributed by atoms with van der Waals surface area (Å²) in [4.78, 5) is 22.8. The third-order valence-electron chi connectivity index (χ3n) is 6.14. The van der Waals surface area contributed by atoms with Crippen molar-refractivity contribution in [2.24, 2.45) is 0 Å². The molecule has 1 N–H and O–H groups in total. The second kappa shape index (κ2) is 10.6. The number of methoxy groups -OCH3 is 1. The second-order valence-electron chi connectivity index (χ2n) is 8.68. The molecule has 1 fully saturated rings. The van der Waals surface area contributed by atoms with Crippen LogP contribution < -0.4 is 14.8 Å². The van der Waals surface area contributed by atoms with Crippen molar-refractivity contribution in [3.05, 3.63) is 47.9 Å². The van der Waals surface area contributed by atoms with Gasteiger partial charge in [-0.15, -0.1) is 0 Å². The highest BCUT2D eigenvalue weighted by molar-refractivity contribution is 6.35. The van der Waals surface area contributed by atoms with Gasteiger partial charge in [0.15, 0.2) is 17.1 Å². The molecule has 10 heteroatoms. The van der Waals surface area contributed by atoms with Crippen molar-refractivity contribution in [3.63, 3.8) is 0 Å². The Kier molecular flexibility index (Phi) is 7.11. The van der Waals surface area contributed by atoms with E-state index >= 15 is 0 Å². The minimum absolute atomic E-state index is 0.204. The van der Waals surface area contributed by atoms with Crippen LogP contribution >= 0.6 is 11.6 Å². The molecule has 0 spiro atoms. The van der Waals surface area contributed by atoms with Crippen LogP contribution in [0.2, 0.25) is 5.02 Å². The number of fused-ring (bicyclic) bond motifs is 2. The number of aromatic nitrogens is 2. The van der Waals surface area contributed by atoms with E-state index in [1.54, 1.807) is 13.2 Å². The summed E-state index contributed by atoms with van der Waals surface area (Å²) >= 11 is 6.22. The molecule has 0 aliphatic carbocycles. The van der Waals surface area contributed by atoms with Crippen LogP contribution in [0.4, 0.5) is 11.5 Å². The number of para-hydroxylation sites is 1. The Hall–Kier alpha value is -3.56. The van der Waals surface area contributed by atoms with E-state index in [4.69, 9.17) is 30.2 Å². The normalized spacial score (nSPS) is 14.8. The number of carbonyl (C=O) groups is 1. The van der Waals surface area contributed by atoms with Crippen LogP contribution in [-0.2, 0) is 9.53 Å². The van der Waals surface area contributed by atoms with Gasteiger partial charge >= 0.3 is 5.97 Å². The third kappa shape index (κ3) is 5.17. The first-order chi connectivity index (χ1) is 17.5. The lowest BCUT2D eigenvalue weighted by atomic mass is 10.2. The van der Waals surface area contributed by atoms with Gasteiger partial charge in [-0.3, -0.25) is 9.69 Å². The van der Waals surface area contributed by atoms with Crippen LogP contribution in [0.15, 0.2) is 47.3 Å². The van der Waals surface area contributed by atoms with E-state index in [1.807, 2.05) is 24.3 Å². The molecule has 2 aromatic heterocycles. The van der Waals surface area contributed by atoms with Gasteiger partial charge in [-0.25, -0.2) is 9.97 Å². The monoisotopic (exact) mass is 510 g/mol. The Morgan fingerprint density at radius 3 is 2.81 bits per heavy atom. The Bertz CT molecular complexity index is 1390. The van der Waals surface area contributed by atoms with Crippen LogP contribution in [0.25, 0.3) is 21.9 Å². The summed E-state index contributed by atoms with van der Waals surface area (Å²) in [7, 11) is 1.57. The van der Waals surface area contributed by atoms with Crippen molar-refractivity contribution < 1.29 is 23.4 Å². The molecule has 0 amide bonds. The van der Waals surface area contributed by atoms with E-state index in [0.717, 1.165) is 42.4 Å². The van der Waals surface area contributed by atoms with E-state index in [0.29, 0.717) is 40.0 Å². The van der Waals surface area contributed by atoms with Gasteiger partial charge in [0.05, 0.1) is 23.3 Å². The zero-order valence-electron chi connectivity index (χ0n) is 20.1. The topological polar surface area (TPSA) is 98.9 Å². The molecule has 1 aliphatic rings. The van der Waals surface area contributed by atoms with Crippen LogP contribution in [0.1, 0.15) is 19.8 Å². The van der Waals surface area contributed by atoms with E-state index in [9.17, 15) is 4.79 Å². The number of rotatable bonds is 9. The van der Waals surface area contributed by atoms with E-state index in [1.165, 1.54) is 19.5 Å². The van der Waals surface area contributed by atoms with Gasteiger partial charge in [-0.1, -0.05) is 17.7 Å². The smallest absolute Gasteiger partial charge is 0.303 e. The molecule has 9 nitrogen and oxygen atoms in total. The highest BCUT2D eigenvalue weighted by Gasteiger charge is 2.22. The summed E-state index contributed by atoms with van der Waals surface area (Å²) in [6.45, 7) is 4.25. The van der Waals surface area contributed by atoms with Gasteiger partial charge in [0.25, 0.3) is 0 Å². The number of anilines is 2. The lowest BCUT2D eigenvalue weighted by Crippen LogP contribution is -2.36. The Balaban J connectivity index is 1.40. The molecule has 1 aliphatic heterocycles. The summed E-state index contributed by atoms with van der Waals surface area (Å²) in [5.74, 6) is 1.27. The lowest BCUT2D eigenvalue weighted by Gasteiger charge is -2.23. The average Bonchev–Trinajstić information content (AvgIpc) is 3.52. The molecule has 0 saturated carbocycles. The zero-order chi connectivity index (χ0) is 25.1. The first-order valence-electron chi connectivity index (χ1n) is 11.8. The number of benzene rings is 2. The van der Waals surface area contributed by atoms with E-state index in [-0.39, 0.29) is 18.7 Å². The number of ether oxygens (including phenoxy) is 3. The largest absolute Gasteiger partial charge is 0.493 e. The summed E-state index contributed by atoms with van der Waals surface area (Å²) < 4.78 is 22.9. The average molecular weight is 511 g/mol. The molecular formula is C26H27ClN4O5. The quantitative estimate of drug-likeness (QED) is 0.305. The number of nitrogens with one attached hydrogen (secondary N) is 1. The molecule has 4 aromatic rings. The number of furan rings is 1. The number of hydrogen-bond acceptors (Lipinski definition) is 9. The van der Waals surface area contributed by atoms with E-state index in [2.05, 4.69) is 20.2 Å². The van der Waals surface area contributed by atoms with Crippen molar-refractivity contribution in [1.82, 2.24) is 14.9 Å². The maximum atomic E-state index is 11.6. The molecule has 3 heterocycles. The predicted molar refractivity (Wildman–Crippen MR) is 137 cm³/mol. The molecule has 1 unspecified atom stereocenters. The fourth-order valence-corrected chi connectivity index (χ4v) is 4.68. The Morgan fingerprint density at radius 2 is 2.03 bits per heavy atom.